The summed E-state index contributed by atoms with van der Waals surface area (Å²) in [6, 6.07) is 5.39. The molecule has 1 N–H and O–H groups in total. The minimum atomic E-state index is -0.622. The smallest absolute Gasteiger partial charge is 0.171 e. The molecular weight excluding hydrogens is 238 g/mol. The van der Waals surface area contributed by atoms with E-state index in [1.165, 1.54) is 19.2 Å². The summed E-state index contributed by atoms with van der Waals surface area (Å²) < 4.78 is 26.9. The minimum Gasteiger partial charge on any atom is -0.335 e. The summed E-state index contributed by atoms with van der Waals surface area (Å²) in [7, 11) is 0. The van der Waals surface area contributed by atoms with Crippen molar-refractivity contribution in [3.63, 3.8) is 0 Å². The van der Waals surface area contributed by atoms with Crippen molar-refractivity contribution < 1.29 is 8.78 Å². The van der Waals surface area contributed by atoms with E-state index in [1.807, 2.05) is 6.07 Å². The molecule has 4 nitrogen and oxygen atoms in total. The summed E-state index contributed by atoms with van der Waals surface area (Å²) in [6.07, 6.45) is 1.34. The van der Waals surface area contributed by atoms with Gasteiger partial charge >= 0.3 is 0 Å². The Hall–Kier alpha value is -2.55. The van der Waals surface area contributed by atoms with Crippen LogP contribution < -0.4 is 5.32 Å². The Kier molecular flexibility index (Phi) is 3.15. The van der Waals surface area contributed by atoms with Gasteiger partial charge in [-0.15, -0.1) is 5.10 Å². The highest BCUT2D eigenvalue weighted by Gasteiger charge is 2.10. The summed E-state index contributed by atoms with van der Waals surface area (Å²) >= 11 is 0. The zero-order valence-corrected chi connectivity index (χ0v) is 9.41. The van der Waals surface area contributed by atoms with E-state index in [-0.39, 0.29) is 22.6 Å². The molecule has 0 amide bonds. The van der Waals surface area contributed by atoms with E-state index in [0.717, 1.165) is 12.1 Å². The minimum absolute atomic E-state index is 0.0853. The maximum Gasteiger partial charge on any atom is 0.171 e. The van der Waals surface area contributed by atoms with Gasteiger partial charge < -0.3 is 5.32 Å². The molecular formula is C12H8F2N4. The van der Waals surface area contributed by atoms with Crippen LogP contribution in [0.25, 0.3) is 0 Å². The molecule has 0 aliphatic heterocycles. The molecule has 0 aliphatic rings. The fourth-order valence-corrected chi connectivity index (χ4v) is 1.38. The Labute approximate surface area is 102 Å². The maximum absolute atomic E-state index is 13.6. The SMILES string of the molecule is Cc1cc(F)c(Nc2nnccc2C#N)cc1F. The standard InChI is InChI=1S/C12H8F2N4/c1-7-4-10(14)11(5-9(7)13)17-12-8(6-15)2-3-16-18-12/h2-5H,1H3,(H,17,18). The molecule has 1 aromatic heterocycles. The number of aromatic nitrogens is 2. The number of nitriles is 1. The van der Waals surface area contributed by atoms with Gasteiger partial charge in [-0.1, -0.05) is 0 Å². The zero-order chi connectivity index (χ0) is 13.1. The quantitative estimate of drug-likeness (QED) is 0.884. The summed E-state index contributed by atoms with van der Waals surface area (Å²) in [5, 5.41) is 18.6. The Bertz CT molecular complexity index is 634. The number of aryl methyl sites for hydroxylation is 1. The van der Waals surface area contributed by atoms with Crippen LogP contribution in [0.15, 0.2) is 24.4 Å². The highest BCUT2D eigenvalue weighted by atomic mass is 19.1. The Balaban J connectivity index is 2.41. The number of nitrogens with zero attached hydrogens (tertiary/aromatic N) is 3. The topological polar surface area (TPSA) is 61.6 Å². The third-order valence-corrected chi connectivity index (χ3v) is 2.34. The van der Waals surface area contributed by atoms with E-state index in [1.54, 1.807) is 0 Å². The van der Waals surface area contributed by atoms with Crippen LogP contribution >= 0.6 is 0 Å². The fraction of sp³-hybridized carbons (Fsp3) is 0.0833. The molecule has 0 saturated carbocycles. The van der Waals surface area contributed by atoms with Crippen molar-refractivity contribution in [2.45, 2.75) is 6.92 Å². The molecule has 0 saturated heterocycles. The van der Waals surface area contributed by atoms with Crippen molar-refractivity contribution in [3.8, 4) is 6.07 Å². The predicted molar refractivity (Wildman–Crippen MR) is 61.1 cm³/mol. The van der Waals surface area contributed by atoms with Gasteiger partial charge in [0.05, 0.1) is 17.4 Å². The summed E-state index contributed by atoms with van der Waals surface area (Å²) in [6.45, 7) is 1.46. The number of anilines is 2. The lowest BCUT2D eigenvalue weighted by Gasteiger charge is -2.08. The number of nitrogens with one attached hydrogen (secondary N) is 1. The van der Waals surface area contributed by atoms with Crippen LogP contribution in [0.5, 0.6) is 0 Å². The fourth-order valence-electron chi connectivity index (χ4n) is 1.38. The van der Waals surface area contributed by atoms with E-state index in [0.29, 0.717) is 0 Å². The van der Waals surface area contributed by atoms with Crippen LogP contribution in [0.2, 0.25) is 0 Å². The van der Waals surface area contributed by atoms with Crippen LogP contribution in [0.4, 0.5) is 20.3 Å². The van der Waals surface area contributed by atoms with E-state index < -0.39 is 11.6 Å². The number of benzene rings is 1. The maximum atomic E-state index is 13.6. The predicted octanol–water partition coefficient (Wildman–Crippen LogP) is 2.68. The molecule has 1 aromatic carbocycles. The normalized spacial score (nSPS) is 9.89. The molecule has 18 heavy (non-hydrogen) atoms. The summed E-state index contributed by atoms with van der Waals surface area (Å²) in [4.78, 5) is 0. The second kappa shape index (κ2) is 4.75. The van der Waals surface area contributed by atoms with Gasteiger partial charge in [0, 0.05) is 6.07 Å². The van der Waals surface area contributed by atoms with Crippen LogP contribution in [-0.2, 0) is 0 Å². The number of halogens is 2. The Morgan fingerprint density at radius 2 is 2.06 bits per heavy atom. The monoisotopic (exact) mass is 246 g/mol. The number of rotatable bonds is 2. The van der Waals surface area contributed by atoms with E-state index in [4.69, 9.17) is 5.26 Å². The lowest BCUT2D eigenvalue weighted by Crippen LogP contribution is -2.01. The number of hydrogen-bond donors (Lipinski definition) is 1. The number of hydrogen-bond acceptors (Lipinski definition) is 4. The third kappa shape index (κ3) is 2.25. The van der Waals surface area contributed by atoms with Gasteiger partial charge in [-0.25, -0.2) is 8.78 Å². The molecule has 0 radical (unpaired) electrons. The molecule has 6 heteroatoms. The van der Waals surface area contributed by atoms with Gasteiger partial charge in [0.1, 0.15) is 17.7 Å². The van der Waals surface area contributed by atoms with Crippen LogP contribution in [0.1, 0.15) is 11.1 Å². The van der Waals surface area contributed by atoms with Crippen molar-refractivity contribution in [2.24, 2.45) is 0 Å². The van der Waals surface area contributed by atoms with Crippen molar-refractivity contribution in [1.29, 1.82) is 5.26 Å². The summed E-state index contributed by atoms with van der Waals surface area (Å²) in [5.41, 5.74) is 0.318. The molecule has 0 unspecified atom stereocenters. The molecule has 0 atom stereocenters. The van der Waals surface area contributed by atoms with Crippen molar-refractivity contribution in [1.82, 2.24) is 10.2 Å². The molecule has 0 fully saturated rings. The molecule has 1 heterocycles. The second-order valence-electron chi connectivity index (χ2n) is 3.61. The highest BCUT2D eigenvalue weighted by Crippen LogP contribution is 2.23. The van der Waals surface area contributed by atoms with Crippen LogP contribution in [0, 0.1) is 29.9 Å². The van der Waals surface area contributed by atoms with Gasteiger partial charge in [-0.3, -0.25) is 0 Å². The van der Waals surface area contributed by atoms with Crippen molar-refractivity contribution in [2.75, 3.05) is 5.32 Å². The van der Waals surface area contributed by atoms with E-state index in [2.05, 4.69) is 15.5 Å². The van der Waals surface area contributed by atoms with Gasteiger partial charge in [0.15, 0.2) is 5.82 Å². The molecule has 0 aliphatic carbocycles. The first-order valence-electron chi connectivity index (χ1n) is 5.06. The molecule has 2 rings (SSSR count). The Morgan fingerprint density at radius 3 is 2.78 bits per heavy atom. The first-order valence-corrected chi connectivity index (χ1v) is 5.06. The third-order valence-electron chi connectivity index (χ3n) is 2.34. The highest BCUT2D eigenvalue weighted by molar-refractivity contribution is 5.62. The van der Waals surface area contributed by atoms with Gasteiger partial charge in [-0.05, 0) is 24.6 Å². The van der Waals surface area contributed by atoms with Crippen LogP contribution in [0.3, 0.4) is 0 Å². The molecule has 90 valence electrons. The van der Waals surface area contributed by atoms with Gasteiger partial charge in [-0.2, -0.15) is 10.4 Å². The largest absolute Gasteiger partial charge is 0.335 e. The van der Waals surface area contributed by atoms with Crippen LogP contribution in [-0.4, -0.2) is 10.2 Å². The lowest BCUT2D eigenvalue weighted by atomic mass is 10.2. The van der Waals surface area contributed by atoms with Crippen molar-refractivity contribution in [3.05, 3.63) is 47.2 Å². The first-order chi connectivity index (χ1) is 8.61. The lowest BCUT2D eigenvalue weighted by molar-refractivity contribution is 0.595. The summed E-state index contributed by atoms with van der Waals surface area (Å²) in [5.74, 6) is -1.08. The van der Waals surface area contributed by atoms with Crippen molar-refractivity contribution >= 4 is 11.5 Å². The van der Waals surface area contributed by atoms with E-state index in [9.17, 15) is 8.78 Å². The Morgan fingerprint density at radius 1 is 1.28 bits per heavy atom. The van der Waals surface area contributed by atoms with E-state index >= 15 is 0 Å². The zero-order valence-electron chi connectivity index (χ0n) is 9.41. The van der Waals surface area contributed by atoms with Gasteiger partial charge in [0.2, 0.25) is 0 Å². The average molecular weight is 246 g/mol. The first kappa shape index (κ1) is 11.9. The average Bonchev–Trinajstić information content (AvgIpc) is 2.36. The van der Waals surface area contributed by atoms with Gasteiger partial charge in [0.25, 0.3) is 0 Å². The molecule has 2 aromatic rings. The second-order valence-corrected chi connectivity index (χ2v) is 3.61. The molecule has 0 spiro atoms. The molecule has 0 bridgehead atoms.